The molecule has 2 aromatic carbocycles. The molecule has 1 aliphatic heterocycles. The highest BCUT2D eigenvalue weighted by Crippen LogP contribution is 2.22. The van der Waals surface area contributed by atoms with E-state index in [0.29, 0.717) is 25.2 Å². The molecule has 0 spiro atoms. The fraction of sp³-hybridized carbons (Fsp3) is 0.458. The summed E-state index contributed by atoms with van der Waals surface area (Å²) in [5.74, 6) is -0.199. The van der Waals surface area contributed by atoms with Gasteiger partial charge < -0.3 is 5.32 Å². The van der Waals surface area contributed by atoms with Crippen molar-refractivity contribution in [2.45, 2.75) is 44.0 Å². The van der Waals surface area contributed by atoms with Gasteiger partial charge in [0.2, 0.25) is 10.0 Å². The van der Waals surface area contributed by atoms with Crippen LogP contribution in [0.4, 0.5) is 0 Å². The Morgan fingerprint density at radius 2 is 1.58 bits per heavy atom. The molecule has 2 aromatic rings. The minimum absolute atomic E-state index is 0.0823. The summed E-state index contributed by atoms with van der Waals surface area (Å²) in [6.45, 7) is 7.61. The predicted octanol–water partition coefficient (Wildman–Crippen LogP) is 3.67. The van der Waals surface area contributed by atoms with E-state index in [2.05, 4.69) is 36.2 Å². The second-order valence-electron chi connectivity index (χ2n) is 7.85. The van der Waals surface area contributed by atoms with Crippen molar-refractivity contribution >= 4 is 15.9 Å². The van der Waals surface area contributed by atoms with Crippen LogP contribution in [0.15, 0.2) is 59.5 Å². The third-order valence-corrected chi connectivity index (χ3v) is 7.88. The molecule has 1 heterocycles. The minimum Gasteiger partial charge on any atom is -0.350 e. The molecule has 6 nitrogen and oxygen atoms in total. The number of hydrogen-bond donors (Lipinski definition) is 1. The Morgan fingerprint density at radius 3 is 2.16 bits per heavy atom. The van der Waals surface area contributed by atoms with Gasteiger partial charge in [-0.05, 0) is 55.8 Å². The summed E-state index contributed by atoms with van der Waals surface area (Å²) in [7, 11) is -3.49. The zero-order valence-corrected chi connectivity index (χ0v) is 19.3. The van der Waals surface area contributed by atoms with Crippen LogP contribution >= 0.6 is 0 Å². The van der Waals surface area contributed by atoms with Crippen molar-refractivity contribution in [3.05, 3.63) is 65.7 Å². The monoisotopic (exact) mass is 443 g/mol. The first kappa shape index (κ1) is 23.4. The summed E-state index contributed by atoms with van der Waals surface area (Å²) in [6.07, 6.45) is 2.87. The van der Waals surface area contributed by atoms with E-state index in [0.717, 1.165) is 37.9 Å². The summed E-state index contributed by atoms with van der Waals surface area (Å²) in [4.78, 5) is 15.3. The molecule has 0 saturated carbocycles. The van der Waals surface area contributed by atoms with Crippen LogP contribution in [0.3, 0.4) is 0 Å². The summed E-state index contributed by atoms with van der Waals surface area (Å²) >= 11 is 0. The Morgan fingerprint density at radius 1 is 0.968 bits per heavy atom. The molecule has 0 aliphatic carbocycles. The lowest BCUT2D eigenvalue weighted by Crippen LogP contribution is -2.38. The van der Waals surface area contributed by atoms with Crippen molar-refractivity contribution in [2.24, 2.45) is 0 Å². The maximum atomic E-state index is 12.8. The second-order valence-corrected chi connectivity index (χ2v) is 9.78. The Labute approximate surface area is 186 Å². The zero-order chi connectivity index (χ0) is 22.3. The average molecular weight is 444 g/mol. The van der Waals surface area contributed by atoms with Gasteiger partial charge in [-0.25, -0.2) is 8.42 Å². The Bertz CT molecular complexity index is 936. The number of likely N-dealkylation sites (N-methyl/N-ethyl adjacent to an activating group) is 1. The van der Waals surface area contributed by atoms with Crippen LogP contribution in [0.25, 0.3) is 0 Å². The van der Waals surface area contributed by atoms with Gasteiger partial charge in [-0.15, -0.1) is 0 Å². The van der Waals surface area contributed by atoms with Crippen molar-refractivity contribution < 1.29 is 13.2 Å². The number of rotatable bonds is 9. The molecule has 1 aliphatic rings. The number of nitrogens with zero attached hydrogens (tertiary/aromatic N) is 2. The van der Waals surface area contributed by atoms with Gasteiger partial charge in [0.15, 0.2) is 0 Å². The van der Waals surface area contributed by atoms with Crippen molar-refractivity contribution in [3.8, 4) is 0 Å². The van der Waals surface area contributed by atoms with Gasteiger partial charge in [0, 0.05) is 25.2 Å². The number of carbonyl (C=O) groups is 1. The lowest BCUT2D eigenvalue weighted by molar-refractivity contribution is 0.0935. The van der Waals surface area contributed by atoms with Gasteiger partial charge in [0.1, 0.15) is 0 Å². The molecular formula is C24H33N3O3S. The maximum absolute atomic E-state index is 12.8. The van der Waals surface area contributed by atoms with Crippen LogP contribution < -0.4 is 5.32 Å². The van der Waals surface area contributed by atoms with Crippen LogP contribution in [0.2, 0.25) is 0 Å². The van der Waals surface area contributed by atoms with Crippen molar-refractivity contribution in [1.29, 1.82) is 0 Å². The summed E-state index contributed by atoms with van der Waals surface area (Å²) in [6, 6.07) is 16.5. The Hall–Kier alpha value is -2.22. The molecule has 3 rings (SSSR count). The number of benzene rings is 2. The quantitative estimate of drug-likeness (QED) is 0.642. The molecule has 0 aromatic heterocycles. The third-order valence-electron chi connectivity index (χ3n) is 5.96. The first-order valence-corrected chi connectivity index (χ1v) is 12.6. The Balaban J connectivity index is 1.68. The molecule has 1 fully saturated rings. The topological polar surface area (TPSA) is 69.7 Å². The molecule has 31 heavy (non-hydrogen) atoms. The van der Waals surface area contributed by atoms with E-state index < -0.39 is 10.0 Å². The van der Waals surface area contributed by atoms with Crippen LogP contribution in [-0.4, -0.2) is 56.3 Å². The third kappa shape index (κ3) is 5.73. The van der Waals surface area contributed by atoms with Gasteiger partial charge in [0.25, 0.3) is 5.91 Å². The molecule has 168 valence electrons. The number of piperidine rings is 1. The maximum Gasteiger partial charge on any atom is 0.251 e. The van der Waals surface area contributed by atoms with E-state index in [1.165, 1.54) is 12.1 Å². The molecule has 0 bridgehead atoms. The van der Waals surface area contributed by atoms with E-state index in [4.69, 9.17) is 0 Å². The molecule has 1 saturated heterocycles. The number of hydrogen-bond acceptors (Lipinski definition) is 4. The number of carbonyl (C=O) groups excluding carboxylic acids is 1. The zero-order valence-electron chi connectivity index (χ0n) is 18.5. The van der Waals surface area contributed by atoms with Gasteiger partial charge in [-0.2, -0.15) is 4.31 Å². The first-order valence-electron chi connectivity index (χ1n) is 11.1. The van der Waals surface area contributed by atoms with Gasteiger partial charge in [0.05, 0.1) is 10.9 Å². The molecule has 1 atom stereocenters. The largest absolute Gasteiger partial charge is 0.350 e. The summed E-state index contributed by atoms with van der Waals surface area (Å²) in [5, 5.41) is 3.03. The molecule has 1 unspecified atom stereocenters. The Kier molecular flexibility index (Phi) is 8.23. The van der Waals surface area contributed by atoms with E-state index in [-0.39, 0.29) is 16.8 Å². The van der Waals surface area contributed by atoms with Gasteiger partial charge >= 0.3 is 0 Å². The molecule has 7 heteroatoms. The molecular weight excluding hydrogens is 410 g/mol. The second kappa shape index (κ2) is 10.9. The number of nitrogens with one attached hydrogen (secondary N) is 1. The highest BCUT2D eigenvalue weighted by Gasteiger charge is 2.26. The lowest BCUT2D eigenvalue weighted by Gasteiger charge is -2.30. The highest BCUT2D eigenvalue weighted by atomic mass is 32.2. The van der Waals surface area contributed by atoms with E-state index in [1.807, 2.05) is 18.2 Å². The normalized spacial score (nSPS) is 16.2. The number of amides is 1. The highest BCUT2D eigenvalue weighted by molar-refractivity contribution is 7.89. The fourth-order valence-corrected chi connectivity index (χ4v) is 5.64. The minimum atomic E-state index is -3.49. The van der Waals surface area contributed by atoms with E-state index >= 15 is 0 Å². The number of sulfonamides is 1. The van der Waals surface area contributed by atoms with Crippen molar-refractivity contribution in [3.63, 3.8) is 0 Å². The first-order chi connectivity index (χ1) is 15.0. The molecule has 1 amide bonds. The SMILES string of the molecule is CCN(CC)C(CNC(=O)c1ccc(S(=O)(=O)N2CCCCC2)cc1)c1ccccc1. The van der Waals surface area contributed by atoms with Gasteiger partial charge in [-0.3, -0.25) is 9.69 Å². The van der Waals surface area contributed by atoms with E-state index in [9.17, 15) is 13.2 Å². The predicted molar refractivity (Wildman–Crippen MR) is 123 cm³/mol. The van der Waals surface area contributed by atoms with Crippen molar-refractivity contribution in [2.75, 3.05) is 32.7 Å². The summed E-state index contributed by atoms with van der Waals surface area (Å²) in [5.41, 5.74) is 1.62. The van der Waals surface area contributed by atoms with Crippen LogP contribution in [0.5, 0.6) is 0 Å². The lowest BCUT2D eigenvalue weighted by atomic mass is 10.0. The van der Waals surface area contributed by atoms with Crippen LogP contribution in [0.1, 0.15) is 55.1 Å². The standard InChI is InChI=1S/C24H33N3O3S/c1-3-26(4-2)23(20-11-7-5-8-12-20)19-25-24(28)21-13-15-22(16-14-21)31(29,30)27-17-9-6-10-18-27/h5,7-8,11-16,23H,3-4,6,9-10,17-19H2,1-2H3,(H,25,28). The smallest absolute Gasteiger partial charge is 0.251 e. The molecule has 0 radical (unpaired) electrons. The van der Waals surface area contributed by atoms with Gasteiger partial charge in [-0.1, -0.05) is 50.6 Å². The van der Waals surface area contributed by atoms with Crippen LogP contribution in [0, 0.1) is 0 Å². The summed E-state index contributed by atoms with van der Waals surface area (Å²) < 4.78 is 27.1. The van der Waals surface area contributed by atoms with Crippen LogP contribution in [-0.2, 0) is 10.0 Å². The van der Waals surface area contributed by atoms with E-state index in [1.54, 1.807) is 16.4 Å². The molecule has 1 N–H and O–H groups in total. The van der Waals surface area contributed by atoms with Crippen molar-refractivity contribution in [1.82, 2.24) is 14.5 Å². The fourth-order valence-electron chi connectivity index (χ4n) is 4.12. The average Bonchev–Trinajstić information content (AvgIpc) is 2.82.